The van der Waals surface area contributed by atoms with Crippen LogP contribution in [0.5, 0.6) is 0 Å². The molecule has 9 nitrogen and oxygen atoms in total. The van der Waals surface area contributed by atoms with E-state index in [1.807, 2.05) is 13.8 Å². The minimum atomic E-state index is -0.927. The van der Waals surface area contributed by atoms with Gasteiger partial charge in [0.15, 0.2) is 0 Å². The van der Waals surface area contributed by atoms with Crippen LogP contribution in [0.25, 0.3) is 0 Å². The first-order chi connectivity index (χ1) is 12.8. The van der Waals surface area contributed by atoms with Crippen LogP contribution in [0.4, 0.5) is 5.69 Å². The zero-order valence-electron chi connectivity index (χ0n) is 15.6. The summed E-state index contributed by atoms with van der Waals surface area (Å²) in [5.41, 5.74) is 0.106. The molecule has 9 heteroatoms. The van der Waals surface area contributed by atoms with Crippen LogP contribution in [-0.2, 0) is 23.8 Å². The van der Waals surface area contributed by atoms with Crippen LogP contribution in [0.1, 0.15) is 34.6 Å². The zero-order chi connectivity index (χ0) is 20.1. The summed E-state index contributed by atoms with van der Waals surface area (Å²) < 4.78 is 14.9. The lowest BCUT2D eigenvalue weighted by atomic mass is 10.1. The standard InChI is InChI=1S/C18H22N2O7/c1-10-8-20(9-11(2)27-10)16(22)15(21)19-14-7-12(17(23)25-3)5-6-13(14)18(24)26-4/h5-7,10-11H,8-9H2,1-4H3,(H,19,21). The molecule has 27 heavy (non-hydrogen) atoms. The third-order valence-corrected chi connectivity index (χ3v) is 4.00. The SMILES string of the molecule is COC(=O)c1ccc(C(=O)OC)c(NC(=O)C(=O)N2CC(C)OC(C)C2)c1. The van der Waals surface area contributed by atoms with Crippen molar-refractivity contribution in [3.8, 4) is 0 Å². The Balaban J connectivity index is 2.25. The molecule has 0 spiro atoms. The van der Waals surface area contributed by atoms with Crippen molar-refractivity contribution >= 4 is 29.4 Å². The Morgan fingerprint density at radius 2 is 1.63 bits per heavy atom. The molecule has 0 radical (unpaired) electrons. The van der Waals surface area contributed by atoms with Gasteiger partial charge in [-0.05, 0) is 32.0 Å². The van der Waals surface area contributed by atoms with Gasteiger partial charge in [-0.1, -0.05) is 0 Å². The highest BCUT2D eigenvalue weighted by atomic mass is 16.5. The smallest absolute Gasteiger partial charge is 0.339 e. The second-order valence-corrected chi connectivity index (χ2v) is 6.17. The van der Waals surface area contributed by atoms with E-state index < -0.39 is 23.8 Å². The van der Waals surface area contributed by atoms with Crippen molar-refractivity contribution in [1.29, 1.82) is 0 Å². The van der Waals surface area contributed by atoms with Crippen molar-refractivity contribution in [2.75, 3.05) is 32.6 Å². The van der Waals surface area contributed by atoms with E-state index in [1.165, 1.54) is 37.3 Å². The molecule has 0 saturated carbocycles. The Labute approximate surface area is 156 Å². The topological polar surface area (TPSA) is 111 Å². The van der Waals surface area contributed by atoms with E-state index in [-0.39, 0.29) is 42.1 Å². The van der Waals surface area contributed by atoms with Gasteiger partial charge in [0.25, 0.3) is 0 Å². The van der Waals surface area contributed by atoms with Gasteiger partial charge in [0.1, 0.15) is 0 Å². The summed E-state index contributed by atoms with van der Waals surface area (Å²) in [6, 6.07) is 3.94. The van der Waals surface area contributed by atoms with E-state index in [9.17, 15) is 19.2 Å². The van der Waals surface area contributed by atoms with E-state index in [4.69, 9.17) is 4.74 Å². The third-order valence-electron chi connectivity index (χ3n) is 4.00. The summed E-state index contributed by atoms with van der Waals surface area (Å²) in [6.07, 6.45) is -0.391. The first kappa shape index (κ1) is 20.4. The van der Waals surface area contributed by atoms with Crippen molar-refractivity contribution in [2.24, 2.45) is 0 Å². The first-order valence-corrected chi connectivity index (χ1v) is 8.33. The lowest BCUT2D eigenvalue weighted by Gasteiger charge is -2.34. The molecule has 2 atom stereocenters. The molecule has 2 amide bonds. The van der Waals surface area contributed by atoms with Gasteiger partial charge in [0.05, 0.1) is 43.2 Å². The van der Waals surface area contributed by atoms with Gasteiger partial charge in [0, 0.05) is 13.1 Å². The van der Waals surface area contributed by atoms with E-state index in [2.05, 4.69) is 14.8 Å². The van der Waals surface area contributed by atoms with Gasteiger partial charge in [-0.15, -0.1) is 0 Å². The van der Waals surface area contributed by atoms with Crippen LogP contribution in [0.3, 0.4) is 0 Å². The Morgan fingerprint density at radius 1 is 1.04 bits per heavy atom. The predicted octanol–water partition coefficient (Wildman–Crippen LogP) is 0.834. The molecule has 1 aliphatic heterocycles. The summed E-state index contributed by atoms with van der Waals surface area (Å²) in [5.74, 6) is -3.05. The molecular weight excluding hydrogens is 356 g/mol. The summed E-state index contributed by atoms with van der Waals surface area (Å²) in [6.45, 7) is 4.18. The highest BCUT2D eigenvalue weighted by Gasteiger charge is 2.30. The number of benzene rings is 1. The monoisotopic (exact) mass is 378 g/mol. The number of nitrogens with zero attached hydrogens (tertiary/aromatic N) is 1. The summed E-state index contributed by atoms with van der Waals surface area (Å²) in [4.78, 5) is 49.9. The molecule has 2 rings (SSSR count). The Kier molecular flexibility index (Phi) is 6.51. The quantitative estimate of drug-likeness (QED) is 0.613. The lowest BCUT2D eigenvalue weighted by Crippen LogP contribution is -2.51. The Hall–Kier alpha value is -2.94. The van der Waals surface area contributed by atoms with Crippen LogP contribution < -0.4 is 5.32 Å². The molecular formula is C18H22N2O7. The van der Waals surface area contributed by atoms with Gasteiger partial charge in [-0.25, -0.2) is 9.59 Å². The molecule has 0 aliphatic carbocycles. The minimum Gasteiger partial charge on any atom is -0.465 e. The summed E-state index contributed by atoms with van der Waals surface area (Å²) in [5, 5.41) is 2.39. The van der Waals surface area contributed by atoms with Crippen molar-refractivity contribution in [2.45, 2.75) is 26.1 Å². The zero-order valence-corrected chi connectivity index (χ0v) is 15.6. The number of methoxy groups -OCH3 is 2. The van der Waals surface area contributed by atoms with Crippen LogP contribution in [-0.4, -0.2) is 68.2 Å². The number of amides is 2. The van der Waals surface area contributed by atoms with Crippen molar-refractivity contribution < 1.29 is 33.4 Å². The highest BCUT2D eigenvalue weighted by molar-refractivity contribution is 6.40. The van der Waals surface area contributed by atoms with Crippen LogP contribution >= 0.6 is 0 Å². The first-order valence-electron chi connectivity index (χ1n) is 8.33. The van der Waals surface area contributed by atoms with Gasteiger partial charge in [-0.3, -0.25) is 9.59 Å². The van der Waals surface area contributed by atoms with Gasteiger partial charge in [-0.2, -0.15) is 0 Å². The van der Waals surface area contributed by atoms with Crippen molar-refractivity contribution in [3.05, 3.63) is 29.3 Å². The number of ether oxygens (including phenoxy) is 3. The number of nitrogens with one attached hydrogen (secondary N) is 1. The molecule has 2 unspecified atom stereocenters. The maximum Gasteiger partial charge on any atom is 0.339 e. The molecule has 0 bridgehead atoms. The number of rotatable bonds is 3. The van der Waals surface area contributed by atoms with E-state index in [0.717, 1.165) is 0 Å². The van der Waals surface area contributed by atoms with E-state index in [0.29, 0.717) is 0 Å². The minimum absolute atomic E-state index is 0.00927. The Bertz CT molecular complexity index is 752. The fraction of sp³-hybridized carbons (Fsp3) is 0.444. The normalized spacial score (nSPS) is 19.2. The number of carbonyl (C=O) groups is 4. The second-order valence-electron chi connectivity index (χ2n) is 6.17. The molecule has 0 aromatic heterocycles. The lowest BCUT2D eigenvalue weighted by molar-refractivity contribution is -0.151. The molecule has 1 fully saturated rings. The van der Waals surface area contributed by atoms with Crippen molar-refractivity contribution in [1.82, 2.24) is 4.90 Å². The molecule has 1 heterocycles. The third kappa shape index (κ3) is 4.82. The highest BCUT2D eigenvalue weighted by Crippen LogP contribution is 2.20. The summed E-state index contributed by atoms with van der Waals surface area (Å²) in [7, 11) is 2.39. The van der Waals surface area contributed by atoms with Crippen molar-refractivity contribution in [3.63, 3.8) is 0 Å². The second kappa shape index (κ2) is 8.63. The summed E-state index contributed by atoms with van der Waals surface area (Å²) >= 11 is 0. The van der Waals surface area contributed by atoms with Gasteiger partial charge in [0.2, 0.25) is 0 Å². The number of esters is 2. The largest absolute Gasteiger partial charge is 0.465 e. The van der Waals surface area contributed by atoms with E-state index in [1.54, 1.807) is 0 Å². The molecule has 1 aliphatic rings. The number of carbonyl (C=O) groups excluding carboxylic acids is 4. The number of hydrogen-bond donors (Lipinski definition) is 1. The molecule has 1 N–H and O–H groups in total. The average molecular weight is 378 g/mol. The average Bonchev–Trinajstić information content (AvgIpc) is 2.65. The maximum atomic E-state index is 12.5. The molecule has 1 aromatic rings. The fourth-order valence-corrected chi connectivity index (χ4v) is 2.84. The van der Waals surface area contributed by atoms with Gasteiger partial charge < -0.3 is 24.4 Å². The van der Waals surface area contributed by atoms with E-state index >= 15 is 0 Å². The predicted molar refractivity (Wildman–Crippen MR) is 94.3 cm³/mol. The fourth-order valence-electron chi connectivity index (χ4n) is 2.84. The molecule has 1 saturated heterocycles. The van der Waals surface area contributed by atoms with Gasteiger partial charge >= 0.3 is 23.8 Å². The number of hydrogen-bond acceptors (Lipinski definition) is 7. The number of morpholine rings is 1. The molecule has 1 aromatic carbocycles. The molecule has 146 valence electrons. The van der Waals surface area contributed by atoms with Crippen LogP contribution in [0.2, 0.25) is 0 Å². The Morgan fingerprint density at radius 3 is 2.19 bits per heavy atom. The van der Waals surface area contributed by atoms with Crippen LogP contribution in [0, 0.1) is 0 Å². The maximum absolute atomic E-state index is 12.5. The van der Waals surface area contributed by atoms with Crippen LogP contribution in [0.15, 0.2) is 18.2 Å². The number of anilines is 1.